The minimum atomic E-state index is -0.207. The molecule has 1 aliphatic heterocycles. The van der Waals surface area contributed by atoms with Crippen LogP contribution in [0.4, 0.5) is 0 Å². The quantitative estimate of drug-likeness (QED) is 0.401. The maximum Gasteiger partial charge on any atom is 0.194 e. The van der Waals surface area contributed by atoms with Crippen molar-refractivity contribution >= 4 is 29.9 Å². The van der Waals surface area contributed by atoms with Gasteiger partial charge in [0.15, 0.2) is 5.96 Å². The Bertz CT molecular complexity index is 391. The first-order chi connectivity index (χ1) is 10.5. The SMILES string of the molecule is CCNC(=NCC1(N(C)C)CCCC(C)C1)N1CC[C@@H](O)C1.I. The van der Waals surface area contributed by atoms with Crippen molar-refractivity contribution in [2.75, 3.05) is 40.3 Å². The molecule has 1 heterocycles. The number of aliphatic hydroxyl groups excluding tert-OH is 1. The molecule has 0 spiro atoms. The van der Waals surface area contributed by atoms with Crippen LogP contribution in [-0.2, 0) is 0 Å². The third kappa shape index (κ3) is 5.46. The van der Waals surface area contributed by atoms with E-state index in [1.165, 1.54) is 25.7 Å². The van der Waals surface area contributed by atoms with Gasteiger partial charge in [-0.2, -0.15) is 0 Å². The van der Waals surface area contributed by atoms with Crippen molar-refractivity contribution in [3.8, 4) is 0 Å². The molecule has 0 aromatic carbocycles. The Hall–Kier alpha value is -0.0800. The van der Waals surface area contributed by atoms with Crippen molar-refractivity contribution in [1.29, 1.82) is 0 Å². The summed E-state index contributed by atoms with van der Waals surface area (Å²) in [6, 6.07) is 0. The van der Waals surface area contributed by atoms with Crippen molar-refractivity contribution in [2.45, 2.75) is 57.6 Å². The van der Waals surface area contributed by atoms with Crippen LogP contribution in [0.25, 0.3) is 0 Å². The van der Waals surface area contributed by atoms with E-state index in [-0.39, 0.29) is 35.6 Å². The smallest absolute Gasteiger partial charge is 0.194 e. The molecule has 0 aromatic heterocycles. The average molecular weight is 438 g/mol. The fourth-order valence-corrected chi connectivity index (χ4v) is 3.91. The molecule has 0 aromatic rings. The summed E-state index contributed by atoms with van der Waals surface area (Å²) in [6.07, 6.45) is 5.74. The number of likely N-dealkylation sites (tertiary alicyclic amines) is 1. The van der Waals surface area contributed by atoms with Gasteiger partial charge in [0.2, 0.25) is 0 Å². The molecule has 2 N–H and O–H groups in total. The summed E-state index contributed by atoms with van der Waals surface area (Å²) in [7, 11) is 4.39. The third-order valence-corrected chi connectivity index (χ3v) is 5.34. The number of aliphatic hydroxyl groups is 1. The van der Waals surface area contributed by atoms with E-state index in [0.29, 0.717) is 6.54 Å². The van der Waals surface area contributed by atoms with E-state index in [0.717, 1.165) is 37.9 Å². The topological polar surface area (TPSA) is 51.1 Å². The predicted molar refractivity (Wildman–Crippen MR) is 108 cm³/mol. The molecule has 23 heavy (non-hydrogen) atoms. The molecule has 0 amide bonds. The first-order valence-electron chi connectivity index (χ1n) is 8.85. The Morgan fingerprint density at radius 3 is 2.65 bits per heavy atom. The van der Waals surface area contributed by atoms with Gasteiger partial charge in [0.05, 0.1) is 12.6 Å². The predicted octanol–water partition coefficient (Wildman–Crippen LogP) is 2.15. The van der Waals surface area contributed by atoms with Gasteiger partial charge in [-0.3, -0.25) is 4.99 Å². The lowest BCUT2D eigenvalue weighted by atomic mass is 9.75. The lowest BCUT2D eigenvalue weighted by Gasteiger charge is -2.44. The van der Waals surface area contributed by atoms with Crippen LogP contribution in [0.5, 0.6) is 0 Å². The molecule has 2 aliphatic rings. The summed E-state index contributed by atoms with van der Waals surface area (Å²) >= 11 is 0. The fourth-order valence-electron chi connectivity index (χ4n) is 3.91. The highest BCUT2D eigenvalue weighted by molar-refractivity contribution is 14.0. The molecule has 0 radical (unpaired) electrons. The maximum atomic E-state index is 9.77. The zero-order valence-electron chi connectivity index (χ0n) is 15.2. The van der Waals surface area contributed by atoms with E-state index in [1.807, 2.05) is 0 Å². The van der Waals surface area contributed by atoms with Crippen LogP contribution < -0.4 is 5.32 Å². The van der Waals surface area contributed by atoms with E-state index in [2.05, 4.69) is 43.1 Å². The molecule has 1 aliphatic carbocycles. The van der Waals surface area contributed by atoms with Gasteiger partial charge in [-0.25, -0.2) is 0 Å². The molecule has 2 fully saturated rings. The number of hydrogen-bond donors (Lipinski definition) is 2. The Kier molecular flexibility index (Phi) is 8.58. The Balaban J connectivity index is 0.00000264. The highest BCUT2D eigenvalue weighted by Crippen LogP contribution is 2.36. The number of β-amino-alcohol motifs (C(OH)–C–C–N with tert-alkyl or cyclic N) is 1. The number of nitrogens with zero attached hydrogens (tertiary/aromatic N) is 3. The Morgan fingerprint density at radius 2 is 2.13 bits per heavy atom. The van der Waals surface area contributed by atoms with Gasteiger partial charge in [0.25, 0.3) is 0 Å². The molecule has 3 atom stereocenters. The second-order valence-corrected chi connectivity index (χ2v) is 7.38. The number of likely N-dealkylation sites (N-methyl/N-ethyl adjacent to an activating group) is 1. The van der Waals surface area contributed by atoms with E-state index >= 15 is 0 Å². The van der Waals surface area contributed by atoms with Crippen molar-refractivity contribution in [3.63, 3.8) is 0 Å². The molecule has 2 unspecified atom stereocenters. The van der Waals surface area contributed by atoms with Crippen molar-refractivity contribution in [1.82, 2.24) is 15.1 Å². The molecular weight excluding hydrogens is 403 g/mol. The van der Waals surface area contributed by atoms with Gasteiger partial charge in [0, 0.05) is 25.2 Å². The Morgan fingerprint density at radius 1 is 1.39 bits per heavy atom. The fraction of sp³-hybridized carbons (Fsp3) is 0.941. The van der Waals surface area contributed by atoms with Crippen LogP contribution in [0.3, 0.4) is 0 Å². The summed E-state index contributed by atoms with van der Waals surface area (Å²) in [5.41, 5.74) is 0.191. The molecule has 6 heteroatoms. The highest BCUT2D eigenvalue weighted by atomic mass is 127. The number of aliphatic imine (C=N–C) groups is 1. The molecule has 1 saturated heterocycles. The summed E-state index contributed by atoms with van der Waals surface area (Å²) in [6.45, 7) is 7.79. The van der Waals surface area contributed by atoms with Crippen LogP contribution in [0, 0.1) is 5.92 Å². The molecular formula is C17H35IN4O. The van der Waals surface area contributed by atoms with E-state index in [4.69, 9.17) is 4.99 Å². The minimum Gasteiger partial charge on any atom is -0.391 e. The first-order valence-corrected chi connectivity index (χ1v) is 8.85. The summed E-state index contributed by atoms with van der Waals surface area (Å²) in [5, 5.41) is 13.2. The maximum absolute atomic E-state index is 9.77. The summed E-state index contributed by atoms with van der Waals surface area (Å²) < 4.78 is 0. The van der Waals surface area contributed by atoms with Crippen LogP contribution in [-0.4, -0.2) is 72.8 Å². The minimum absolute atomic E-state index is 0. The van der Waals surface area contributed by atoms with Crippen molar-refractivity contribution in [2.24, 2.45) is 10.9 Å². The number of guanidine groups is 1. The van der Waals surface area contributed by atoms with Crippen molar-refractivity contribution in [3.05, 3.63) is 0 Å². The van der Waals surface area contributed by atoms with Crippen LogP contribution in [0.1, 0.15) is 46.0 Å². The van der Waals surface area contributed by atoms with Gasteiger partial charge in [0.1, 0.15) is 0 Å². The lowest BCUT2D eigenvalue weighted by molar-refractivity contribution is 0.0842. The molecule has 1 saturated carbocycles. The summed E-state index contributed by atoms with van der Waals surface area (Å²) in [5.74, 6) is 1.75. The van der Waals surface area contributed by atoms with Gasteiger partial charge < -0.3 is 20.2 Å². The van der Waals surface area contributed by atoms with E-state index in [1.54, 1.807) is 0 Å². The largest absolute Gasteiger partial charge is 0.391 e. The second kappa shape index (κ2) is 9.42. The monoisotopic (exact) mass is 438 g/mol. The average Bonchev–Trinajstić information content (AvgIpc) is 2.90. The molecule has 136 valence electrons. The first kappa shape index (κ1) is 21.0. The van der Waals surface area contributed by atoms with Crippen LogP contribution in [0.15, 0.2) is 4.99 Å². The van der Waals surface area contributed by atoms with Crippen LogP contribution >= 0.6 is 24.0 Å². The zero-order valence-corrected chi connectivity index (χ0v) is 17.5. The zero-order chi connectivity index (χ0) is 16.2. The van der Waals surface area contributed by atoms with Gasteiger partial charge in [-0.05, 0) is 46.2 Å². The number of rotatable bonds is 4. The van der Waals surface area contributed by atoms with Crippen molar-refractivity contribution < 1.29 is 5.11 Å². The lowest BCUT2D eigenvalue weighted by Crippen LogP contribution is -2.51. The van der Waals surface area contributed by atoms with Crippen LogP contribution in [0.2, 0.25) is 0 Å². The highest BCUT2D eigenvalue weighted by Gasteiger charge is 2.37. The number of halogens is 1. The third-order valence-electron chi connectivity index (χ3n) is 5.34. The van der Waals surface area contributed by atoms with E-state index in [9.17, 15) is 5.11 Å². The van der Waals surface area contributed by atoms with Gasteiger partial charge >= 0.3 is 0 Å². The standard InChI is InChI=1S/C17H34N4O.HI/c1-5-18-16(21-10-8-15(22)12-21)19-13-17(20(3)4)9-6-7-14(2)11-17;/h14-15,22H,5-13H2,1-4H3,(H,18,19);1H/t14?,15-,17?;/m1./s1. The number of hydrogen-bond acceptors (Lipinski definition) is 3. The molecule has 2 rings (SSSR count). The molecule has 5 nitrogen and oxygen atoms in total. The number of nitrogens with one attached hydrogen (secondary N) is 1. The Labute approximate surface area is 158 Å². The summed E-state index contributed by atoms with van der Waals surface area (Å²) in [4.78, 5) is 9.54. The second-order valence-electron chi connectivity index (χ2n) is 7.38. The van der Waals surface area contributed by atoms with Gasteiger partial charge in [-0.15, -0.1) is 24.0 Å². The molecule has 0 bridgehead atoms. The van der Waals surface area contributed by atoms with Gasteiger partial charge in [-0.1, -0.05) is 19.8 Å². The van der Waals surface area contributed by atoms with E-state index < -0.39 is 0 Å². The normalized spacial score (nSPS) is 32.1.